The van der Waals surface area contributed by atoms with Crippen molar-refractivity contribution in [3.8, 4) is 5.75 Å². The third kappa shape index (κ3) is 7.90. The standard InChI is InChI=1S/C28H35N3O3/c1-28(2,31-19-26(32)23-11-13-24(29)14-12-23)17-21-9-7-20(8-10-21)16-27(33)30-18-22-5-4-6-25(15-22)34-3/h4-15,26,31-32H,16-19,29H2,1-3H3,(H,30,33)/t26-/m0/s1. The van der Waals surface area contributed by atoms with E-state index in [1.165, 1.54) is 5.56 Å². The van der Waals surface area contributed by atoms with E-state index in [0.717, 1.165) is 28.9 Å². The van der Waals surface area contributed by atoms with E-state index < -0.39 is 6.10 Å². The molecule has 3 rings (SSSR count). The smallest absolute Gasteiger partial charge is 0.224 e. The summed E-state index contributed by atoms with van der Waals surface area (Å²) in [4.78, 5) is 12.4. The zero-order valence-corrected chi connectivity index (χ0v) is 20.2. The molecule has 5 N–H and O–H groups in total. The van der Waals surface area contributed by atoms with Crippen LogP contribution in [0.5, 0.6) is 5.75 Å². The van der Waals surface area contributed by atoms with Crippen molar-refractivity contribution in [2.75, 3.05) is 19.4 Å². The number of aliphatic hydroxyl groups excluding tert-OH is 1. The molecule has 0 unspecified atom stereocenters. The molecule has 0 saturated heterocycles. The minimum absolute atomic E-state index is 0.0192. The fourth-order valence-corrected chi connectivity index (χ4v) is 3.79. The number of amides is 1. The topological polar surface area (TPSA) is 96.6 Å². The van der Waals surface area contributed by atoms with Crippen molar-refractivity contribution in [2.45, 2.75) is 44.9 Å². The van der Waals surface area contributed by atoms with Crippen molar-refractivity contribution < 1.29 is 14.6 Å². The van der Waals surface area contributed by atoms with Gasteiger partial charge in [-0.3, -0.25) is 4.79 Å². The van der Waals surface area contributed by atoms with Gasteiger partial charge in [-0.1, -0.05) is 48.5 Å². The van der Waals surface area contributed by atoms with Gasteiger partial charge in [0, 0.05) is 24.3 Å². The molecule has 0 bridgehead atoms. The molecule has 3 aromatic carbocycles. The SMILES string of the molecule is COc1cccc(CNC(=O)Cc2ccc(CC(C)(C)NC[C@H](O)c3ccc(N)cc3)cc2)c1. The summed E-state index contributed by atoms with van der Waals surface area (Å²) in [5, 5.41) is 16.9. The average molecular weight is 462 g/mol. The Morgan fingerprint density at radius 1 is 1.00 bits per heavy atom. The van der Waals surface area contributed by atoms with Crippen molar-refractivity contribution in [1.82, 2.24) is 10.6 Å². The van der Waals surface area contributed by atoms with Gasteiger partial charge in [-0.2, -0.15) is 0 Å². The summed E-state index contributed by atoms with van der Waals surface area (Å²) in [5.41, 5.74) is 10.2. The second-order valence-electron chi connectivity index (χ2n) is 9.25. The highest BCUT2D eigenvalue weighted by Crippen LogP contribution is 2.18. The number of carbonyl (C=O) groups is 1. The summed E-state index contributed by atoms with van der Waals surface area (Å²) < 4.78 is 5.22. The molecule has 6 nitrogen and oxygen atoms in total. The van der Waals surface area contributed by atoms with Gasteiger partial charge in [0.2, 0.25) is 5.91 Å². The number of hydrogen-bond acceptors (Lipinski definition) is 5. The quantitative estimate of drug-likeness (QED) is 0.326. The number of methoxy groups -OCH3 is 1. The summed E-state index contributed by atoms with van der Waals surface area (Å²) in [6.07, 6.45) is 0.529. The Hall–Kier alpha value is -3.35. The van der Waals surface area contributed by atoms with Crippen LogP contribution in [0.2, 0.25) is 0 Å². The number of nitrogen functional groups attached to an aromatic ring is 1. The molecule has 180 valence electrons. The molecule has 3 aromatic rings. The molecule has 1 amide bonds. The maximum absolute atomic E-state index is 12.4. The Morgan fingerprint density at radius 3 is 2.35 bits per heavy atom. The van der Waals surface area contributed by atoms with E-state index in [1.807, 2.05) is 48.5 Å². The first-order valence-electron chi connectivity index (χ1n) is 11.5. The van der Waals surface area contributed by atoms with Gasteiger partial charge < -0.3 is 26.2 Å². The predicted molar refractivity (Wildman–Crippen MR) is 137 cm³/mol. The Balaban J connectivity index is 1.46. The van der Waals surface area contributed by atoms with Crippen molar-refractivity contribution in [3.63, 3.8) is 0 Å². The van der Waals surface area contributed by atoms with Gasteiger partial charge in [-0.25, -0.2) is 0 Å². The highest BCUT2D eigenvalue weighted by Gasteiger charge is 2.20. The lowest BCUT2D eigenvalue weighted by atomic mass is 9.93. The number of rotatable bonds is 11. The zero-order chi connectivity index (χ0) is 24.6. The fourth-order valence-electron chi connectivity index (χ4n) is 3.79. The minimum atomic E-state index is -0.599. The van der Waals surface area contributed by atoms with Crippen LogP contribution in [0.15, 0.2) is 72.8 Å². The average Bonchev–Trinajstić information content (AvgIpc) is 2.83. The number of nitrogens with one attached hydrogen (secondary N) is 2. The first-order valence-corrected chi connectivity index (χ1v) is 11.5. The van der Waals surface area contributed by atoms with Gasteiger partial charge in [0.1, 0.15) is 5.75 Å². The van der Waals surface area contributed by atoms with Gasteiger partial charge in [0.25, 0.3) is 0 Å². The molecule has 0 aromatic heterocycles. The summed E-state index contributed by atoms with van der Waals surface area (Å²) >= 11 is 0. The van der Waals surface area contributed by atoms with Gasteiger partial charge in [-0.15, -0.1) is 0 Å². The lowest BCUT2D eigenvalue weighted by molar-refractivity contribution is -0.120. The largest absolute Gasteiger partial charge is 0.497 e. The molecular formula is C28H35N3O3. The third-order valence-corrected chi connectivity index (χ3v) is 5.75. The highest BCUT2D eigenvalue weighted by atomic mass is 16.5. The van der Waals surface area contributed by atoms with Crippen LogP contribution < -0.4 is 21.1 Å². The number of nitrogens with two attached hydrogens (primary N) is 1. The second kappa shape index (κ2) is 11.7. The molecular weight excluding hydrogens is 426 g/mol. The van der Waals surface area contributed by atoms with Crippen LogP contribution in [-0.2, 0) is 24.2 Å². The van der Waals surface area contributed by atoms with E-state index >= 15 is 0 Å². The number of benzene rings is 3. The first kappa shape index (κ1) is 25.3. The molecule has 0 aliphatic carbocycles. The summed E-state index contributed by atoms with van der Waals surface area (Å²) in [6, 6.07) is 23.1. The fraction of sp³-hybridized carbons (Fsp3) is 0.321. The van der Waals surface area contributed by atoms with E-state index in [-0.39, 0.29) is 11.4 Å². The van der Waals surface area contributed by atoms with Crippen LogP contribution in [0.3, 0.4) is 0 Å². The Labute approximate surface area is 202 Å². The summed E-state index contributed by atoms with van der Waals surface area (Å²) in [7, 11) is 1.63. The van der Waals surface area contributed by atoms with Crippen molar-refractivity contribution >= 4 is 11.6 Å². The predicted octanol–water partition coefficient (Wildman–Crippen LogP) is 3.78. The van der Waals surface area contributed by atoms with E-state index in [2.05, 4.69) is 36.6 Å². The van der Waals surface area contributed by atoms with Crippen LogP contribution in [-0.4, -0.2) is 30.2 Å². The van der Waals surface area contributed by atoms with Crippen LogP contribution in [0, 0.1) is 0 Å². The second-order valence-corrected chi connectivity index (χ2v) is 9.25. The van der Waals surface area contributed by atoms with Crippen LogP contribution >= 0.6 is 0 Å². The maximum Gasteiger partial charge on any atom is 0.224 e. The van der Waals surface area contributed by atoms with E-state index in [0.29, 0.717) is 25.2 Å². The zero-order valence-electron chi connectivity index (χ0n) is 20.2. The number of anilines is 1. The third-order valence-electron chi connectivity index (χ3n) is 5.75. The maximum atomic E-state index is 12.4. The molecule has 1 atom stereocenters. The molecule has 0 aliphatic heterocycles. The van der Waals surface area contributed by atoms with E-state index in [1.54, 1.807) is 19.2 Å². The molecule has 0 aliphatic rings. The van der Waals surface area contributed by atoms with E-state index in [4.69, 9.17) is 10.5 Å². The Morgan fingerprint density at radius 2 is 1.68 bits per heavy atom. The van der Waals surface area contributed by atoms with Crippen molar-refractivity contribution in [3.05, 3.63) is 95.1 Å². The number of carbonyl (C=O) groups excluding carboxylic acids is 1. The van der Waals surface area contributed by atoms with Gasteiger partial charge in [0.05, 0.1) is 19.6 Å². The minimum Gasteiger partial charge on any atom is -0.497 e. The molecule has 0 fully saturated rings. The van der Waals surface area contributed by atoms with Gasteiger partial charge in [0.15, 0.2) is 0 Å². The number of hydrogen-bond donors (Lipinski definition) is 4. The van der Waals surface area contributed by atoms with Gasteiger partial charge in [-0.05, 0) is 66.8 Å². The van der Waals surface area contributed by atoms with Crippen LogP contribution in [0.4, 0.5) is 5.69 Å². The lowest BCUT2D eigenvalue weighted by Gasteiger charge is -2.28. The van der Waals surface area contributed by atoms with Crippen molar-refractivity contribution in [2.24, 2.45) is 0 Å². The Bertz CT molecular complexity index is 1060. The number of ether oxygens (including phenoxy) is 1. The Kier molecular flexibility index (Phi) is 8.68. The number of β-amino-alcohol motifs (C(OH)–C–C–N with tert-alkyl or cyclic N) is 1. The molecule has 0 radical (unpaired) electrons. The molecule has 0 heterocycles. The van der Waals surface area contributed by atoms with E-state index in [9.17, 15) is 9.90 Å². The van der Waals surface area contributed by atoms with Crippen LogP contribution in [0.1, 0.15) is 42.2 Å². The summed E-state index contributed by atoms with van der Waals surface area (Å²) in [6.45, 7) is 5.14. The first-order chi connectivity index (χ1) is 16.2. The highest BCUT2D eigenvalue weighted by molar-refractivity contribution is 5.78. The lowest BCUT2D eigenvalue weighted by Crippen LogP contribution is -2.43. The van der Waals surface area contributed by atoms with Crippen LogP contribution in [0.25, 0.3) is 0 Å². The molecule has 6 heteroatoms. The summed E-state index contributed by atoms with van der Waals surface area (Å²) in [5.74, 6) is 0.758. The van der Waals surface area contributed by atoms with Gasteiger partial charge >= 0.3 is 0 Å². The molecule has 34 heavy (non-hydrogen) atoms. The normalized spacial score (nSPS) is 12.2. The number of aliphatic hydroxyl groups is 1. The van der Waals surface area contributed by atoms with Crippen molar-refractivity contribution in [1.29, 1.82) is 0 Å². The molecule has 0 saturated carbocycles. The molecule has 0 spiro atoms. The monoisotopic (exact) mass is 461 g/mol.